The fourth-order valence-electron chi connectivity index (χ4n) is 2.60. The minimum atomic E-state index is -0.533. The molecule has 0 aliphatic carbocycles. The van der Waals surface area contributed by atoms with Crippen molar-refractivity contribution in [2.45, 2.75) is 39.7 Å². The Balaban J connectivity index is 1.90. The number of nitrogens with zero attached hydrogens (tertiary/aromatic N) is 1. The number of anilines is 1. The predicted octanol–water partition coefficient (Wildman–Crippen LogP) is 2.04. The molecule has 1 aliphatic rings. The van der Waals surface area contributed by atoms with Crippen LogP contribution in [0.25, 0.3) is 0 Å². The molecule has 1 N–H and O–H groups in total. The molecule has 1 aromatic carbocycles. The van der Waals surface area contributed by atoms with Crippen LogP contribution >= 0.6 is 0 Å². The number of carbonyl (C=O) groups is 2. The first-order valence-corrected chi connectivity index (χ1v) is 8.46. The zero-order valence-corrected chi connectivity index (χ0v) is 14.6. The van der Waals surface area contributed by atoms with Gasteiger partial charge in [-0.1, -0.05) is 6.07 Å². The highest BCUT2D eigenvalue weighted by Gasteiger charge is 2.31. The molecule has 0 saturated carbocycles. The third kappa shape index (κ3) is 4.71. The van der Waals surface area contributed by atoms with E-state index in [-0.39, 0.29) is 18.2 Å². The van der Waals surface area contributed by atoms with Gasteiger partial charge in [0.05, 0.1) is 5.69 Å². The van der Waals surface area contributed by atoms with Gasteiger partial charge in [-0.2, -0.15) is 0 Å². The lowest BCUT2D eigenvalue weighted by Crippen LogP contribution is -2.45. The van der Waals surface area contributed by atoms with Crippen molar-refractivity contribution >= 4 is 17.5 Å². The van der Waals surface area contributed by atoms with Gasteiger partial charge in [0.15, 0.2) is 6.10 Å². The molecule has 0 fully saturated rings. The summed E-state index contributed by atoms with van der Waals surface area (Å²) in [5.74, 6) is 0.509. The lowest BCUT2D eigenvalue weighted by atomic mass is 10.1. The van der Waals surface area contributed by atoms with E-state index in [0.717, 1.165) is 17.7 Å². The molecule has 0 aromatic heterocycles. The van der Waals surface area contributed by atoms with Crippen molar-refractivity contribution in [3.8, 4) is 5.75 Å². The third-order valence-electron chi connectivity index (χ3n) is 3.88. The van der Waals surface area contributed by atoms with E-state index in [1.807, 2.05) is 32.0 Å². The third-order valence-corrected chi connectivity index (χ3v) is 3.88. The monoisotopic (exact) mass is 334 g/mol. The van der Waals surface area contributed by atoms with Crippen LogP contribution in [-0.2, 0) is 14.3 Å². The van der Waals surface area contributed by atoms with Gasteiger partial charge in [-0.15, -0.1) is 0 Å². The SMILES string of the molecule is CCOCCCNC(=O)CCN1C(=O)[C@H](C)Oc2ccc(C)cc21. The molecule has 6 nitrogen and oxygen atoms in total. The maximum atomic E-state index is 12.4. The summed E-state index contributed by atoms with van der Waals surface area (Å²) in [5.41, 5.74) is 1.78. The van der Waals surface area contributed by atoms with E-state index in [1.165, 1.54) is 0 Å². The van der Waals surface area contributed by atoms with Gasteiger partial charge in [0, 0.05) is 32.7 Å². The average molecular weight is 334 g/mol. The number of hydrogen-bond acceptors (Lipinski definition) is 4. The second-order valence-corrected chi connectivity index (χ2v) is 5.87. The van der Waals surface area contributed by atoms with Crippen molar-refractivity contribution < 1.29 is 19.1 Å². The highest BCUT2D eigenvalue weighted by Crippen LogP contribution is 2.34. The van der Waals surface area contributed by atoms with Gasteiger partial charge in [-0.3, -0.25) is 9.59 Å². The lowest BCUT2D eigenvalue weighted by molar-refractivity contribution is -0.125. The molecular weight excluding hydrogens is 308 g/mol. The summed E-state index contributed by atoms with van der Waals surface area (Å²) in [6.07, 6.45) is 0.518. The maximum Gasteiger partial charge on any atom is 0.267 e. The largest absolute Gasteiger partial charge is 0.479 e. The zero-order valence-electron chi connectivity index (χ0n) is 14.6. The molecule has 132 valence electrons. The normalized spacial score (nSPS) is 16.5. The van der Waals surface area contributed by atoms with E-state index in [4.69, 9.17) is 9.47 Å². The molecule has 0 saturated heterocycles. The van der Waals surface area contributed by atoms with Gasteiger partial charge < -0.3 is 19.7 Å². The smallest absolute Gasteiger partial charge is 0.267 e. The molecule has 1 aromatic rings. The molecule has 0 unspecified atom stereocenters. The van der Waals surface area contributed by atoms with E-state index in [1.54, 1.807) is 11.8 Å². The van der Waals surface area contributed by atoms with E-state index in [0.29, 0.717) is 32.1 Å². The molecule has 6 heteroatoms. The van der Waals surface area contributed by atoms with Gasteiger partial charge in [0.25, 0.3) is 5.91 Å². The van der Waals surface area contributed by atoms with Crippen LogP contribution in [0.2, 0.25) is 0 Å². The van der Waals surface area contributed by atoms with Crippen LogP contribution in [0.3, 0.4) is 0 Å². The minimum Gasteiger partial charge on any atom is -0.479 e. The van der Waals surface area contributed by atoms with E-state index < -0.39 is 6.10 Å². The minimum absolute atomic E-state index is 0.0624. The second kappa shape index (κ2) is 8.68. The zero-order chi connectivity index (χ0) is 17.5. The molecule has 0 spiro atoms. The molecule has 1 heterocycles. The molecule has 24 heavy (non-hydrogen) atoms. The number of amides is 2. The van der Waals surface area contributed by atoms with Crippen molar-refractivity contribution in [1.29, 1.82) is 0 Å². The van der Waals surface area contributed by atoms with Crippen LogP contribution in [0.5, 0.6) is 5.75 Å². The molecule has 1 aliphatic heterocycles. The van der Waals surface area contributed by atoms with Crippen LogP contribution in [0, 0.1) is 6.92 Å². The maximum absolute atomic E-state index is 12.4. The predicted molar refractivity (Wildman–Crippen MR) is 92.4 cm³/mol. The number of rotatable bonds is 8. The van der Waals surface area contributed by atoms with Crippen molar-refractivity contribution in [2.24, 2.45) is 0 Å². The summed E-state index contributed by atoms with van der Waals surface area (Å²) >= 11 is 0. The van der Waals surface area contributed by atoms with Crippen LogP contribution in [0.15, 0.2) is 18.2 Å². The number of carbonyl (C=O) groups excluding carboxylic acids is 2. The van der Waals surface area contributed by atoms with E-state index in [9.17, 15) is 9.59 Å². The van der Waals surface area contributed by atoms with Gasteiger partial charge in [0.1, 0.15) is 5.75 Å². The molecule has 1 atom stereocenters. The average Bonchev–Trinajstić information content (AvgIpc) is 2.56. The summed E-state index contributed by atoms with van der Waals surface area (Å²) in [5, 5.41) is 2.85. The molecule has 2 amide bonds. The van der Waals surface area contributed by atoms with Gasteiger partial charge in [-0.05, 0) is 44.9 Å². The van der Waals surface area contributed by atoms with Crippen LogP contribution in [0.4, 0.5) is 5.69 Å². The van der Waals surface area contributed by atoms with Gasteiger partial charge in [0.2, 0.25) is 5.91 Å². The summed E-state index contributed by atoms with van der Waals surface area (Å²) in [6.45, 7) is 7.89. The van der Waals surface area contributed by atoms with Crippen molar-refractivity contribution in [3.05, 3.63) is 23.8 Å². The van der Waals surface area contributed by atoms with Gasteiger partial charge >= 0.3 is 0 Å². The fraction of sp³-hybridized carbons (Fsp3) is 0.556. The molecule has 2 rings (SSSR count). The number of fused-ring (bicyclic) bond motifs is 1. The highest BCUT2D eigenvalue weighted by atomic mass is 16.5. The first-order chi connectivity index (χ1) is 11.5. The standard InChI is InChI=1S/C18H26N2O4/c1-4-23-11-5-9-19-17(21)8-10-20-15-12-13(2)6-7-16(15)24-14(3)18(20)22/h6-7,12,14H,4-5,8-11H2,1-3H3,(H,19,21)/t14-/m0/s1. The first-order valence-electron chi connectivity index (χ1n) is 8.46. The van der Waals surface area contributed by atoms with Crippen molar-refractivity contribution in [2.75, 3.05) is 31.2 Å². The Bertz CT molecular complexity index is 588. The Morgan fingerprint density at radius 2 is 2.21 bits per heavy atom. The highest BCUT2D eigenvalue weighted by molar-refractivity contribution is 6.00. The first kappa shape index (κ1) is 18.3. The Morgan fingerprint density at radius 1 is 1.42 bits per heavy atom. The Morgan fingerprint density at radius 3 is 2.96 bits per heavy atom. The van der Waals surface area contributed by atoms with E-state index >= 15 is 0 Å². The quantitative estimate of drug-likeness (QED) is 0.739. The number of aryl methyl sites for hydroxylation is 1. The topological polar surface area (TPSA) is 67.9 Å². The summed E-state index contributed by atoms with van der Waals surface area (Å²) in [6, 6.07) is 5.73. The number of ether oxygens (including phenoxy) is 2. The van der Waals surface area contributed by atoms with E-state index in [2.05, 4.69) is 5.32 Å². The summed E-state index contributed by atoms with van der Waals surface area (Å²) < 4.78 is 10.9. The fourth-order valence-corrected chi connectivity index (χ4v) is 2.60. The van der Waals surface area contributed by atoms with Gasteiger partial charge in [-0.25, -0.2) is 0 Å². The lowest BCUT2D eigenvalue weighted by Gasteiger charge is -2.33. The second-order valence-electron chi connectivity index (χ2n) is 5.87. The van der Waals surface area contributed by atoms with Crippen molar-refractivity contribution in [3.63, 3.8) is 0 Å². The number of hydrogen-bond donors (Lipinski definition) is 1. The van der Waals surface area contributed by atoms with Crippen LogP contribution in [-0.4, -0.2) is 44.2 Å². The Labute approximate surface area is 143 Å². The number of benzene rings is 1. The molecule has 0 radical (unpaired) electrons. The summed E-state index contributed by atoms with van der Waals surface area (Å²) in [7, 11) is 0. The Hall–Kier alpha value is -2.08. The van der Waals surface area contributed by atoms with Crippen LogP contribution in [0.1, 0.15) is 32.3 Å². The number of nitrogens with one attached hydrogen (secondary N) is 1. The van der Waals surface area contributed by atoms with Crippen molar-refractivity contribution in [1.82, 2.24) is 5.32 Å². The Kier molecular flexibility index (Phi) is 6.61. The molecule has 0 bridgehead atoms. The molecular formula is C18H26N2O4. The summed E-state index contributed by atoms with van der Waals surface area (Å²) in [4.78, 5) is 26.0. The van der Waals surface area contributed by atoms with Crippen LogP contribution < -0.4 is 15.0 Å².